The van der Waals surface area contributed by atoms with E-state index in [0.717, 1.165) is 18.5 Å². The van der Waals surface area contributed by atoms with Crippen LogP contribution in [-0.4, -0.2) is 70.9 Å². The zero-order valence-electron chi connectivity index (χ0n) is 19.1. The SMILES string of the molecule is CN(CC(C)(C)O)C(=O)c1ncncc1NC(=O)c1nc(C2CC2)cnc1Nc1cncnc1. The van der Waals surface area contributed by atoms with Gasteiger partial charge in [-0.2, -0.15) is 0 Å². The number of hydrogen-bond acceptors (Lipinski definition) is 10. The van der Waals surface area contributed by atoms with Gasteiger partial charge in [-0.25, -0.2) is 29.9 Å². The van der Waals surface area contributed by atoms with Crippen LogP contribution in [-0.2, 0) is 0 Å². The number of aromatic nitrogens is 6. The molecule has 0 radical (unpaired) electrons. The molecule has 0 bridgehead atoms. The van der Waals surface area contributed by atoms with Crippen LogP contribution < -0.4 is 10.6 Å². The fraction of sp³-hybridized carbons (Fsp3) is 0.364. The summed E-state index contributed by atoms with van der Waals surface area (Å²) in [6.45, 7) is 3.26. The van der Waals surface area contributed by atoms with E-state index >= 15 is 0 Å². The Bertz CT molecular complexity index is 1190. The average Bonchev–Trinajstić information content (AvgIpc) is 3.64. The van der Waals surface area contributed by atoms with Crippen molar-refractivity contribution in [3.05, 3.63) is 54.5 Å². The molecular weight excluding hydrogens is 438 g/mol. The number of nitrogens with zero attached hydrogens (tertiary/aromatic N) is 7. The van der Waals surface area contributed by atoms with Gasteiger partial charge < -0.3 is 20.6 Å². The summed E-state index contributed by atoms with van der Waals surface area (Å²) in [6, 6.07) is 0. The van der Waals surface area contributed by atoms with Crippen LogP contribution in [0.25, 0.3) is 0 Å². The highest BCUT2D eigenvalue weighted by atomic mass is 16.3. The maximum atomic E-state index is 13.3. The summed E-state index contributed by atoms with van der Waals surface area (Å²) in [5.74, 6) is -0.554. The zero-order valence-corrected chi connectivity index (χ0v) is 19.1. The largest absolute Gasteiger partial charge is 0.389 e. The fourth-order valence-corrected chi connectivity index (χ4v) is 3.33. The molecule has 1 saturated carbocycles. The minimum Gasteiger partial charge on any atom is -0.389 e. The van der Waals surface area contributed by atoms with Crippen LogP contribution in [0, 0.1) is 0 Å². The number of carbonyl (C=O) groups is 2. The molecule has 0 spiro atoms. The highest BCUT2D eigenvalue weighted by molar-refractivity contribution is 6.09. The van der Waals surface area contributed by atoms with Gasteiger partial charge in [-0.3, -0.25) is 9.59 Å². The fourth-order valence-electron chi connectivity index (χ4n) is 3.33. The van der Waals surface area contributed by atoms with Crippen molar-refractivity contribution < 1.29 is 14.7 Å². The van der Waals surface area contributed by atoms with Gasteiger partial charge in [-0.1, -0.05) is 0 Å². The van der Waals surface area contributed by atoms with Gasteiger partial charge in [0.15, 0.2) is 17.2 Å². The second-order valence-corrected chi connectivity index (χ2v) is 8.73. The summed E-state index contributed by atoms with van der Waals surface area (Å²) in [4.78, 5) is 52.4. The van der Waals surface area contributed by atoms with Crippen LogP contribution in [0.2, 0.25) is 0 Å². The number of rotatable bonds is 8. The van der Waals surface area contributed by atoms with Crippen molar-refractivity contribution in [3.8, 4) is 0 Å². The quantitative estimate of drug-likeness (QED) is 0.449. The standard InChI is InChI=1S/C22H25N9O3/c1-22(2,34)10-31(3)21(33)17-16(8-25-12-27-17)30-20(32)18-19(28-14-6-23-11-24-7-14)26-9-15(29-18)13-4-5-13/h6-9,11-13,34H,4-5,10H2,1-3H3,(H,26,28)(H,30,32). The molecule has 3 aromatic rings. The lowest BCUT2D eigenvalue weighted by Crippen LogP contribution is -2.40. The third-order valence-corrected chi connectivity index (χ3v) is 4.96. The Morgan fingerprint density at radius 3 is 2.44 bits per heavy atom. The highest BCUT2D eigenvalue weighted by Gasteiger charge is 2.29. The average molecular weight is 464 g/mol. The van der Waals surface area contributed by atoms with Crippen molar-refractivity contribution in [2.24, 2.45) is 0 Å². The number of aliphatic hydroxyl groups is 1. The first-order valence-electron chi connectivity index (χ1n) is 10.7. The molecule has 0 atom stereocenters. The Hall–Kier alpha value is -4.06. The minimum absolute atomic E-state index is 0.00706. The Morgan fingerprint density at radius 2 is 1.76 bits per heavy atom. The van der Waals surface area contributed by atoms with E-state index in [1.165, 1.54) is 23.8 Å². The Balaban J connectivity index is 1.62. The summed E-state index contributed by atoms with van der Waals surface area (Å²) in [6.07, 6.45) is 10.7. The van der Waals surface area contributed by atoms with Gasteiger partial charge in [0.25, 0.3) is 11.8 Å². The number of likely N-dealkylation sites (N-methyl/N-ethyl adjacent to an activating group) is 1. The van der Waals surface area contributed by atoms with E-state index in [2.05, 4.69) is 40.5 Å². The van der Waals surface area contributed by atoms with E-state index in [9.17, 15) is 14.7 Å². The van der Waals surface area contributed by atoms with E-state index < -0.39 is 17.4 Å². The van der Waals surface area contributed by atoms with Crippen molar-refractivity contribution in [1.29, 1.82) is 0 Å². The van der Waals surface area contributed by atoms with Gasteiger partial charge in [-0.15, -0.1) is 0 Å². The van der Waals surface area contributed by atoms with Crippen molar-refractivity contribution in [1.82, 2.24) is 34.8 Å². The van der Waals surface area contributed by atoms with Crippen LogP contribution in [0.5, 0.6) is 0 Å². The van der Waals surface area contributed by atoms with Crippen molar-refractivity contribution in [2.45, 2.75) is 38.2 Å². The van der Waals surface area contributed by atoms with Crippen LogP contribution >= 0.6 is 0 Å². The third kappa shape index (κ3) is 5.64. The zero-order chi connectivity index (χ0) is 24.3. The molecule has 1 fully saturated rings. The second kappa shape index (κ2) is 9.43. The molecule has 3 heterocycles. The molecular formula is C22H25N9O3. The molecule has 0 saturated heterocycles. The van der Waals surface area contributed by atoms with Crippen LogP contribution in [0.3, 0.4) is 0 Å². The molecule has 1 aliphatic carbocycles. The molecule has 3 N–H and O–H groups in total. The normalized spacial score (nSPS) is 13.3. The Kier molecular flexibility index (Phi) is 6.41. The smallest absolute Gasteiger partial charge is 0.278 e. The number of amides is 2. The molecule has 0 unspecified atom stereocenters. The lowest BCUT2D eigenvalue weighted by molar-refractivity contribution is 0.0365. The first-order valence-corrected chi connectivity index (χ1v) is 10.7. The molecule has 4 rings (SSSR count). The molecule has 34 heavy (non-hydrogen) atoms. The van der Waals surface area contributed by atoms with E-state index in [-0.39, 0.29) is 35.4 Å². The summed E-state index contributed by atoms with van der Waals surface area (Å²) in [5, 5.41) is 15.8. The molecule has 0 aromatic carbocycles. The van der Waals surface area contributed by atoms with E-state index in [4.69, 9.17) is 0 Å². The summed E-state index contributed by atoms with van der Waals surface area (Å²) in [7, 11) is 1.54. The van der Waals surface area contributed by atoms with Crippen molar-refractivity contribution in [2.75, 3.05) is 24.2 Å². The van der Waals surface area contributed by atoms with Crippen LogP contribution in [0.15, 0.2) is 37.4 Å². The van der Waals surface area contributed by atoms with Gasteiger partial charge in [0.05, 0.1) is 47.5 Å². The minimum atomic E-state index is -1.10. The number of hydrogen-bond donors (Lipinski definition) is 3. The predicted octanol–water partition coefficient (Wildman–Crippen LogP) is 1.77. The maximum absolute atomic E-state index is 13.3. The molecule has 12 nitrogen and oxygen atoms in total. The number of carbonyl (C=O) groups excluding carboxylic acids is 2. The van der Waals surface area contributed by atoms with Gasteiger partial charge in [0.2, 0.25) is 0 Å². The summed E-state index contributed by atoms with van der Waals surface area (Å²) >= 11 is 0. The van der Waals surface area contributed by atoms with Gasteiger partial charge in [-0.05, 0) is 26.7 Å². The molecule has 176 valence electrons. The molecule has 1 aliphatic rings. The Morgan fingerprint density at radius 1 is 1.06 bits per heavy atom. The number of nitrogens with one attached hydrogen (secondary N) is 2. The van der Waals surface area contributed by atoms with Gasteiger partial charge in [0, 0.05) is 19.5 Å². The van der Waals surface area contributed by atoms with Crippen molar-refractivity contribution >= 4 is 29.0 Å². The lowest BCUT2D eigenvalue weighted by atomic mass is 10.1. The molecule has 3 aromatic heterocycles. The summed E-state index contributed by atoms with van der Waals surface area (Å²) in [5.41, 5.74) is 0.338. The van der Waals surface area contributed by atoms with Crippen LogP contribution in [0.4, 0.5) is 17.2 Å². The van der Waals surface area contributed by atoms with Crippen molar-refractivity contribution in [3.63, 3.8) is 0 Å². The predicted molar refractivity (Wildman–Crippen MR) is 123 cm³/mol. The molecule has 12 heteroatoms. The monoisotopic (exact) mass is 463 g/mol. The highest BCUT2D eigenvalue weighted by Crippen LogP contribution is 2.39. The van der Waals surface area contributed by atoms with Crippen LogP contribution in [0.1, 0.15) is 59.3 Å². The van der Waals surface area contributed by atoms with Gasteiger partial charge in [0.1, 0.15) is 12.7 Å². The first kappa shape index (κ1) is 23.1. The van der Waals surface area contributed by atoms with E-state index in [0.29, 0.717) is 5.69 Å². The second-order valence-electron chi connectivity index (χ2n) is 8.73. The topological polar surface area (TPSA) is 159 Å². The molecule has 2 amide bonds. The lowest BCUT2D eigenvalue weighted by Gasteiger charge is -2.25. The molecule has 0 aliphatic heterocycles. The third-order valence-electron chi connectivity index (χ3n) is 4.96. The number of anilines is 3. The van der Waals surface area contributed by atoms with E-state index in [1.807, 2.05) is 0 Å². The van der Waals surface area contributed by atoms with Gasteiger partial charge >= 0.3 is 0 Å². The first-order chi connectivity index (χ1) is 16.2. The van der Waals surface area contributed by atoms with E-state index in [1.54, 1.807) is 39.5 Å². The Labute approximate surface area is 195 Å². The summed E-state index contributed by atoms with van der Waals surface area (Å²) < 4.78 is 0. The maximum Gasteiger partial charge on any atom is 0.278 e.